The molecule has 1 aromatic rings. The molecule has 1 N–H and O–H groups in total. The highest BCUT2D eigenvalue weighted by Gasteiger charge is 2.26. The highest BCUT2D eigenvalue weighted by Crippen LogP contribution is 2.29. The first-order chi connectivity index (χ1) is 11.8. The standard InChI is InChI=1S/C19H30N2O4/c1-19(2,3)25-18(22)20-12-15-7-6-10-21(15)13-14-8-9-16(23-4)17(11-14)24-5/h8-9,11,15H,6-7,10,12-13H2,1-5H3,(H,20,22)/t15-/m0/s1. The summed E-state index contributed by atoms with van der Waals surface area (Å²) in [4.78, 5) is 14.2. The summed E-state index contributed by atoms with van der Waals surface area (Å²) in [6.45, 7) is 8.04. The van der Waals surface area contributed by atoms with E-state index >= 15 is 0 Å². The molecule has 0 saturated carbocycles. The molecule has 6 heteroatoms. The third kappa shape index (κ3) is 5.81. The van der Waals surface area contributed by atoms with Crippen LogP contribution in [0, 0.1) is 0 Å². The number of rotatable bonds is 6. The van der Waals surface area contributed by atoms with Gasteiger partial charge in [0.2, 0.25) is 0 Å². The van der Waals surface area contributed by atoms with Gasteiger partial charge in [0.1, 0.15) is 5.60 Å². The van der Waals surface area contributed by atoms with Crippen LogP contribution in [0.4, 0.5) is 4.79 Å². The topological polar surface area (TPSA) is 60.0 Å². The summed E-state index contributed by atoms with van der Waals surface area (Å²) >= 11 is 0. The first-order valence-corrected chi connectivity index (χ1v) is 8.74. The van der Waals surface area contributed by atoms with Crippen molar-refractivity contribution < 1.29 is 19.0 Å². The Morgan fingerprint density at radius 3 is 2.60 bits per heavy atom. The van der Waals surface area contributed by atoms with Crippen molar-refractivity contribution in [2.45, 2.75) is 51.8 Å². The second kappa shape index (κ2) is 8.43. The molecule has 1 atom stereocenters. The Labute approximate surface area is 150 Å². The Morgan fingerprint density at radius 2 is 1.96 bits per heavy atom. The van der Waals surface area contributed by atoms with E-state index in [1.54, 1.807) is 14.2 Å². The van der Waals surface area contributed by atoms with Crippen molar-refractivity contribution in [3.8, 4) is 11.5 Å². The fourth-order valence-electron chi connectivity index (χ4n) is 3.06. The van der Waals surface area contributed by atoms with E-state index in [1.165, 1.54) is 5.56 Å². The molecule has 0 spiro atoms. The van der Waals surface area contributed by atoms with Crippen LogP contribution in [0.15, 0.2) is 18.2 Å². The SMILES string of the molecule is COc1ccc(CN2CCC[C@H]2CNC(=O)OC(C)(C)C)cc1OC. The van der Waals surface area contributed by atoms with Gasteiger partial charge in [-0.3, -0.25) is 4.90 Å². The van der Waals surface area contributed by atoms with Gasteiger partial charge in [-0.05, 0) is 57.9 Å². The lowest BCUT2D eigenvalue weighted by atomic mass is 10.1. The van der Waals surface area contributed by atoms with Crippen LogP contribution in [0.1, 0.15) is 39.2 Å². The zero-order valence-electron chi connectivity index (χ0n) is 15.9. The van der Waals surface area contributed by atoms with Crippen molar-refractivity contribution in [2.75, 3.05) is 27.3 Å². The quantitative estimate of drug-likeness (QED) is 0.854. The summed E-state index contributed by atoms with van der Waals surface area (Å²) in [6.07, 6.45) is 1.85. The van der Waals surface area contributed by atoms with Crippen molar-refractivity contribution in [1.29, 1.82) is 0 Å². The third-order valence-electron chi connectivity index (χ3n) is 4.21. The molecular formula is C19H30N2O4. The number of alkyl carbamates (subject to hydrolysis) is 1. The fraction of sp³-hybridized carbons (Fsp3) is 0.632. The highest BCUT2D eigenvalue weighted by molar-refractivity contribution is 5.67. The number of hydrogen-bond acceptors (Lipinski definition) is 5. The number of carbonyl (C=O) groups excluding carboxylic acids is 1. The summed E-state index contributed by atoms with van der Waals surface area (Å²) in [6, 6.07) is 6.31. The third-order valence-corrected chi connectivity index (χ3v) is 4.21. The summed E-state index contributed by atoms with van der Waals surface area (Å²) < 4.78 is 16.0. The lowest BCUT2D eigenvalue weighted by Gasteiger charge is -2.26. The van der Waals surface area contributed by atoms with Gasteiger partial charge in [-0.2, -0.15) is 0 Å². The van der Waals surface area contributed by atoms with E-state index in [-0.39, 0.29) is 6.09 Å². The van der Waals surface area contributed by atoms with Crippen LogP contribution >= 0.6 is 0 Å². The van der Waals surface area contributed by atoms with Gasteiger partial charge in [-0.1, -0.05) is 6.07 Å². The van der Waals surface area contributed by atoms with Crippen molar-refractivity contribution in [3.63, 3.8) is 0 Å². The summed E-state index contributed by atoms with van der Waals surface area (Å²) in [5.74, 6) is 1.47. The number of methoxy groups -OCH3 is 2. The minimum absolute atomic E-state index is 0.320. The number of amides is 1. The van der Waals surface area contributed by atoms with Crippen LogP contribution in [0.25, 0.3) is 0 Å². The van der Waals surface area contributed by atoms with Crippen molar-refractivity contribution in [2.24, 2.45) is 0 Å². The Balaban J connectivity index is 1.92. The van der Waals surface area contributed by atoms with Crippen molar-refractivity contribution in [1.82, 2.24) is 10.2 Å². The van der Waals surface area contributed by atoms with Crippen LogP contribution in [-0.2, 0) is 11.3 Å². The smallest absolute Gasteiger partial charge is 0.407 e. The highest BCUT2D eigenvalue weighted by atomic mass is 16.6. The van der Waals surface area contributed by atoms with E-state index < -0.39 is 5.60 Å². The second-order valence-electron chi connectivity index (χ2n) is 7.34. The van der Waals surface area contributed by atoms with E-state index in [4.69, 9.17) is 14.2 Å². The molecule has 140 valence electrons. The van der Waals surface area contributed by atoms with E-state index in [0.29, 0.717) is 12.6 Å². The van der Waals surface area contributed by atoms with Crippen molar-refractivity contribution in [3.05, 3.63) is 23.8 Å². The van der Waals surface area contributed by atoms with Gasteiger partial charge in [0, 0.05) is 19.1 Å². The van der Waals surface area contributed by atoms with E-state index in [2.05, 4.69) is 16.3 Å². The molecule has 6 nitrogen and oxygen atoms in total. The predicted molar refractivity (Wildman–Crippen MR) is 97.2 cm³/mol. The largest absolute Gasteiger partial charge is 0.493 e. The van der Waals surface area contributed by atoms with Crippen LogP contribution in [0.5, 0.6) is 11.5 Å². The minimum Gasteiger partial charge on any atom is -0.493 e. The maximum atomic E-state index is 11.9. The van der Waals surface area contributed by atoms with E-state index in [0.717, 1.165) is 37.4 Å². The molecule has 1 amide bonds. The summed E-state index contributed by atoms with van der Waals surface area (Å²) in [5.41, 5.74) is 0.695. The number of nitrogens with one attached hydrogen (secondary N) is 1. The summed E-state index contributed by atoms with van der Waals surface area (Å²) in [5, 5.41) is 2.89. The van der Waals surface area contributed by atoms with Gasteiger partial charge in [0.25, 0.3) is 0 Å². The molecule has 1 aliphatic heterocycles. The predicted octanol–water partition coefficient (Wildman–Crippen LogP) is 3.19. The van der Waals surface area contributed by atoms with Crippen LogP contribution in [-0.4, -0.2) is 49.9 Å². The first-order valence-electron chi connectivity index (χ1n) is 8.74. The Bertz CT molecular complexity index is 583. The van der Waals surface area contributed by atoms with E-state index in [1.807, 2.05) is 32.9 Å². The molecule has 1 fully saturated rings. The molecule has 0 aliphatic carbocycles. The number of hydrogen-bond donors (Lipinski definition) is 1. The lowest BCUT2D eigenvalue weighted by molar-refractivity contribution is 0.0512. The van der Waals surface area contributed by atoms with Crippen LogP contribution in [0.3, 0.4) is 0 Å². The number of ether oxygens (including phenoxy) is 3. The number of benzene rings is 1. The zero-order chi connectivity index (χ0) is 18.4. The summed E-state index contributed by atoms with van der Waals surface area (Å²) in [7, 11) is 3.28. The average Bonchev–Trinajstić information content (AvgIpc) is 2.98. The molecular weight excluding hydrogens is 320 g/mol. The maximum Gasteiger partial charge on any atom is 0.407 e. The molecule has 0 unspecified atom stereocenters. The molecule has 25 heavy (non-hydrogen) atoms. The van der Waals surface area contributed by atoms with Crippen LogP contribution in [0.2, 0.25) is 0 Å². The zero-order valence-corrected chi connectivity index (χ0v) is 15.9. The number of likely N-dealkylation sites (tertiary alicyclic amines) is 1. The van der Waals surface area contributed by atoms with Crippen molar-refractivity contribution >= 4 is 6.09 Å². The molecule has 1 saturated heterocycles. The van der Waals surface area contributed by atoms with Gasteiger partial charge in [0.15, 0.2) is 11.5 Å². The molecule has 0 aromatic heterocycles. The second-order valence-corrected chi connectivity index (χ2v) is 7.34. The van der Waals surface area contributed by atoms with E-state index in [9.17, 15) is 4.79 Å². The van der Waals surface area contributed by atoms with Gasteiger partial charge < -0.3 is 19.5 Å². The Hall–Kier alpha value is -1.95. The minimum atomic E-state index is -0.473. The molecule has 1 aliphatic rings. The number of carbonyl (C=O) groups is 1. The number of nitrogens with zero attached hydrogens (tertiary/aromatic N) is 1. The first kappa shape index (κ1) is 19.4. The fourth-order valence-corrected chi connectivity index (χ4v) is 3.06. The van der Waals surface area contributed by atoms with Crippen LogP contribution < -0.4 is 14.8 Å². The normalized spacial score (nSPS) is 18.0. The van der Waals surface area contributed by atoms with Gasteiger partial charge in [-0.25, -0.2) is 4.79 Å². The molecule has 2 rings (SSSR count). The van der Waals surface area contributed by atoms with Gasteiger partial charge >= 0.3 is 6.09 Å². The maximum absolute atomic E-state index is 11.9. The Morgan fingerprint density at radius 1 is 1.24 bits per heavy atom. The Kier molecular flexibility index (Phi) is 6.53. The monoisotopic (exact) mass is 350 g/mol. The molecule has 1 heterocycles. The lowest BCUT2D eigenvalue weighted by Crippen LogP contribution is -2.41. The van der Waals surface area contributed by atoms with Gasteiger partial charge in [-0.15, -0.1) is 0 Å². The molecule has 0 radical (unpaired) electrons. The van der Waals surface area contributed by atoms with Gasteiger partial charge in [0.05, 0.1) is 14.2 Å². The molecule has 0 bridgehead atoms. The molecule has 1 aromatic carbocycles. The average molecular weight is 350 g/mol.